The number of amides is 1. The number of fused-ring (bicyclic) bond motifs is 1. The molecule has 0 spiro atoms. The van der Waals surface area contributed by atoms with E-state index in [2.05, 4.69) is 25.2 Å². The van der Waals surface area contributed by atoms with Crippen molar-refractivity contribution in [1.29, 1.82) is 0 Å². The zero-order chi connectivity index (χ0) is 19.7. The largest absolute Gasteiger partial charge is 0.379 e. The maximum atomic E-state index is 12.5. The molecule has 0 bridgehead atoms. The highest BCUT2D eigenvalue weighted by Gasteiger charge is 2.43. The van der Waals surface area contributed by atoms with Crippen LogP contribution in [0.1, 0.15) is 29.2 Å². The van der Waals surface area contributed by atoms with Crippen LogP contribution in [0.5, 0.6) is 0 Å². The third-order valence-electron chi connectivity index (χ3n) is 5.84. The number of rotatable bonds is 5. The molecule has 1 aliphatic carbocycles. The van der Waals surface area contributed by atoms with E-state index in [4.69, 9.17) is 4.74 Å². The second-order valence-corrected chi connectivity index (χ2v) is 8.96. The molecule has 8 heteroatoms. The lowest BCUT2D eigenvalue weighted by Gasteiger charge is -2.37. The van der Waals surface area contributed by atoms with Crippen LogP contribution in [0, 0.1) is 25.7 Å². The Kier molecular flexibility index (Phi) is 5.59. The first-order chi connectivity index (χ1) is 13.5. The molecule has 1 aliphatic heterocycles. The van der Waals surface area contributed by atoms with Crippen LogP contribution in [0.2, 0.25) is 0 Å². The van der Waals surface area contributed by atoms with Crippen LogP contribution < -0.4 is 10.2 Å². The molecule has 2 aliphatic rings. The van der Waals surface area contributed by atoms with Crippen LogP contribution in [-0.2, 0) is 16.0 Å². The van der Waals surface area contributed by atoms with Crippen LogP contribution in [0.15, 0.2) is 17.8 Å². The highest BCUT2D eigenvalue weighted by atomic mass is 32.1. The highest BCUT2D eigenvalue weighted by molar-refractivity contribution is 7.09. The fraction of sp³-hybridized carbons (Fsp3) is 0.600. The molecule has 3 heterocycles. The van der Waals surface area contributed by atoms with Crippen molar-refractivity contribution < 1.29 is 9.53 Å². The van der Waals surface area contributed by atoms with Crippen molar-refractivity contribution in [1.82, 2.24) is 20.3 Å². The molecule has 1 N–H and O–H groups in total. The zero-order valence-corrected chi connectivity index (χ0v) is 17.4. The number of thiazole rings is 1. The van der Waals surface area contributed by atoms with E-state index in [0.29, 0.717) is 18.3 Å². The molecule has 150 valence electrons. The maximum Gasteiger partial charge on any atom is 0.226 e. The summed E-state index contributed by atoms with van der Waals surface area (Å²) >= 11 is 1.58. The normalized spacial score (nSPS) is 26.9. The topological polar surface area (TPSA) is 80.2 Å². The average Bonchev–Trinajstić information content (AvgIpc) is 3.26. The van der Waals surface area contributed by atoms with Gasteiger partial charge in [-0.25, -0.2) is 9.97 Å². The van der Waals surface area contributed by atoms with E-state index in [9.17, 15) is 4.79 Å². The molecular formula is C20H27N5O2S. The molecule has 7 nitrogen and oxygen atoms in total. The summed E-state index contributed by atoms with van der Waals surface area (Å²) in [6, 6.07) is 0.0435. The lowest BCUT2D eigenvalue weighted by Crippen LogP contribution is -2.50. The number of ether oxygens (including phenoxy) is 1. The molecule has 0 radical (unpaired) electrons. The van der Waals surface area contributed by atoms with Gasteiger partial charge in [-0.1, -0.05) is 0 Å². The molecule has 2 aromatic rings. The maximum absolute atomic E-state index is 12.5. The van der Waals surface area contributed by atoms with E-state index in [1.165, 1.54) is 0 Å². The molecule has 4 atom stereocenters. The minimum absolute atomic E-state index is 0.0233. The van der Waals surface area contributed by atoms with Gasteiger partial charge < -0.3 is 15.0 Å². The predicted octanol–water partition coefficient (Wildman–Crippen LogP) is 2.14. The minimum atomic E-state index is 0.0233. The van der Waals surface area contributed by atoms with E-state index in [1.54, 1.807) is 24.6 Å². The van der Waals surface area contributed by atoms with Gasteiger partial charge in [-0.2, -0.15) is 0 Å². The summed E-state index contributed by atoms with van der Waals surface area (Å²) in [6.07, 6.45) is 5.89. The SMILES string of the molecule is CO[C@H]1C[C@@H]2CN(c3cncc(C)n3)C[C@@H]2C[C@@H]1NC(=O)Cc1csc(C)n1. The molecule has 2 fully saturated rings. The van der Waals surface area contributed by atoms with Crippen molar-refractivity contribution in [2.24, 2.45) is 11.8 Å². The Labute approximate surface area is 169 Å². The highest BCUT2D eigenvalue weighted by Crippen LogP contribution is 2.38. The molecule has 0 unspecified atom stereocenters. The van der Waals surface area contributed by atoms with E-state index in [-0.39, 0.29) is 18.1 Å². The predicted molar refractivity (Wildman–Crippen MR) is 108 cm³/mol. The minimum Gasteiger partial charge on any atom is -0.379 e. The Bertz CT molecular complexity index is 842. The number of hydrogen-bond donors (Lipinski definition) is 1. The number of aryl methyl sites for hydroxylation is 2. The van der Waals surface area contributed by atoms with Crippen molar-refractivity contribution in [3.8, 4) is 0 Å². The zero-order valence-electron chi connectivity index (χ0n) is 16.6. The molecule has 1 amide bonds. The summed E-state index contributed by atoms with van der Waals surface area (Å²) in [5.74, 6) is 2.06. The Morgan fingerprint density at radius 2 is 2.04 bits per heavy atom. The summed E-state index contributed by atoms with van der Waals surface area (Å²) < 4.78 is 5.75. The Morgan fingerprint density at radius 1 is 1.25 bits per heavy atom. The van der Waals surface area contributed by atoms with Crippen molar-refractivity contribution in [2.45, 2.75) is 45.3 Å². The van der Waals surface area contributed by atoms with Crippen LogP contribution in [0.4, 0.5) is 5.82 Å². The van der Waals surface area contributed by atoms with Gasteiger partial charge in [0, 0.05) is 31.8 Å². The van der Waals surface area contributed by atoms with Crippen molar-refractivity contribution in [3.63, 3.8) is 0 Å². The molecule has 1 saturated carbocycles. The van der Waals surface area contributed by atoms with Crippen molar-refractivity contribution >= 4 is 23.1 Å². The third kappa shape index (κ3) is 4.17. The summed E-state index contributed by atoms with van der Waals surface area (Å²) in [5, 5.41) is 6.15. The number of anilines is 1. The first kappa shape index (κ1) is 19.3. The third-order valence-corrected chi connectivity index (χ3v) is 6.66. The number of nitrogens with one attached hydrogen (secondary N) is 1. The number of hydrogen-bond acceptors (Lipinski definition) is 7. The number of methoxy groups -OCH3 is 1. The fourth-order valence-corrected chi connectivity index (χ4v) is 5.14. The second kappa shape index (κ2) is 8.13. The molecule has 1 saturated heterocycles. The van der Waals surface area contributed by atoms with Gasteiger partial charge in [0.2, 0.25) is 5.91 Å². The number of aromatic nitrogens is 3. The van der Waals surface area contributed by atoms with Gasteiger partial charge in [-0.3, -0.25) is 9.78 Å². The lowest BCUT2D eigenvalue weighted by atomic mass is 9.77. The lowest BCUT2D eigenvalue weighted by molar-refractivity contribution is -0.123. The molecule has 28 heavy (non-hydrogen) atoms. The number of carbonyl (C=O) groups excluding carboxylic acids is 1. The van der Waals surface area contributed by atoms with E-state index < -0.39 is 0 Å². The van der Waals surface area contributed by atoms with Gasteiger partial charge in [0.15, 0.2) is 0 Å². The van der Waals surface area contributed by atoms with Gasteiger partial charge in [-0.15, -0.1) is 11.3 Å². The summed E-state index contributed by atoms with van der Waals surface area (Å²) in [5.41, 5.74) is 1.78. The monoisotopic (exact) mass is 401 g/mol. The first-order valence-electron chi connectivity index (χ1n) is 9.78. The van der Waals surface area contributed by atoms with Gasteiger partial charge in [0.05, 0.1) is 41.2 Å². The van der Waals surface area contributed by atoms with Gasteiger partial charge in [0.1, 0.15) is 5.82 Å². The van der Waals surface area contributed by atoms with Gasteiger partial charge in [-0.05, 0) is 38.5 Å². The van der Waals surface area contributed by atoms with Crippen LogP contribution in [0.25, 0.3) is 0 Å². The second-order valence-electron chi connectivity index (χ2n) is 7.90. The quantitative estimate of drug-likeness (QED) is 0.827. The van der Waals surface area contributed by atoms with Crippen LogP contribution >= 0.6 is 11.3 Å². The smallest absolute Gasteiger partial charge is 0.226 e. The van der Waals surface area contributed by atoms with Crippen molar-refractivity contribution in [2.75, 3.05) is 25.1 Å². The molecule has 2 aromatic heterocycles. The van der Waals surface area contributed by atoms with Crippen LogP contribution in [0.3, 0.4) is 0 Å². The van der Waals surface area contributed by atoms with E-state index >= 15 is 0 Å². The summed E-state index contributed by atoms with van der Waals surface area (Å²) in [7, 11) is 1.74. The molecule has 0 aromatic carbocycles. The Balaban J connectivity index is 1.39. The average molecular weight is 402 g/mol. The van der Waals surface area contributed by atoms with E-state index in [0.717, 1.165) is 48.1 Å². The number of carbonyl (C=O) groups is 1. The standard InChI is InChI=1S/C20H27N5O2S/c1-12-7-21-8-19(22-12)25-9-14-4-17(18(27-3)5-15(14)10-25)24-20(26)6-16-11-28-13(2)23-16/h7-8,11,14-15,17-18H,4-6,9-10H2,1-3H3,(H,24,26)/t14-,15+,17-,18-/m0/s1. The summed E-state index contributed by atoms with van der Waals surface area (Å²) in [4.78, 5) is 28.2. The number of nitrogens with zero attached hydrogens (tertiary/aromatic N) is 4. The van der Waals surface area contributed by atoms with Gasteiger partial charge >= 0.3 is 0 Å². The molecular weight excluding hydrogens is 374 g/mol. The first-order valence-corrected chi connectivity index (χ1v) is 10.7. The summed E-state index contributed by atoms with van der Waals surface area (Å²) in [6.45, 7) is 5.85. The van der Waals surface area contributed by atoms with Crippen LogP contribution in [-0.4, -0.2) is 53.2 Å². The van der Waals surface area contributed by atoms with Gasteiger partial charge in [0.25, 0.3) is 0 Å². The van der Waals surface area contributed by atoms with E-state index in [1.807, 2.05) is 25.4 Å². The Hall–Kier alpha value is -2.06. The Morgan fingerprint density at radius 3 is 2.71 bits per heavy atom. The fourth-order valence-electron chi connectivity index (χ4n) is 4.53. The van der Waals surface area contributed by atoms with Crippen molar-refractivity contribution in [3.05, 3.63) is 34.2 Å². The molecule has 4 rings (SSSR count).